The first-order valence-electron chi connectivity index (χ1n) is 8.82. The maximum atomic E-state index is 12.8. The van der Waals surface area contributed by atoms with Crippen LogP contribution in [0.25, 0.3) is 0 Å². The van der Waals surface area contributed by atoms with Crippen LogP contribution in [0.5, 0.6) is 0 Å². The number of nitrogens with zero attached hydrogens (tertiary/aromatic N) is 1. The second kappa shape index (κ2) is 7.45. The Morgan fingerprint density at radius 3 is 2.78 bits per heavy atom. The van der Waals surface area contributed by atoms with Gasteiger partial charge in [0.2, 0.25) is 5.91 Å². The molecule has 3 rings (SSSR count). The molecule has 4 heteroatoms. The summed E-state index contributed by atoms with van der Waals surface area (Å²) in [5.74, 6) is 0.835. The highest BCUT2D eigenvalue weighted by Gasteiger charge is 2.32. The molecule has 1 N–H and O–H groups in total. The van der Waals surface area contributed by atoms with Gasteiger partial charge in [-0.05, 0) is 56.8 Å². The molecule has 1 aromatic carbocycles. The second-order valence-corrected chi connectivity index (χ2v) is 6.97. The van der Waals surface area contributed by atoms with Crippen molar-refractivity contribution in [3.63, 3.8) is 0 Å². The molecule has 1 aromatic rings. The van der Waals surface area contributed by atoms with Crippen molar-refractivity contribution < 1.29 is 9.53 Å². The molecular weight excluding hydrogens is 288 g/mol. The molecule has 2 atom stereocenters. The molecule has 0 bridgehead atoms. The third kappa shape index (κ3) is 3.93. The maximum Gasteiger partial charge on any atom is 0.223 e. The van der Waals surface area contributed by atoms with Crippen molar-refractivity contribution in [2.24, 2.45) is 5.92 Å². The molecule has 23 heavy (non-hydrogen) atoms. The summed E-state index contributed by atoms with van der Waals surface area (Å²) in [6, 6.07) is 8.49. The van der Waals surface area contributed by atoms with Gasteiger partial charge >= 0.3 is 0 Å². The van der Waals surface area contributed by atoms with E-state index in [9.17, 15) is 4.79 Å². The fourth-order valence-electron chi connectivity index (χ4n) is 3.69. The highest BCUT2D eigenvalue weighted by Crippen LogP contribution is 2.28. The quantitative estimate of drug-likeness (QED) is 0.932. The van der Waals surface area contributed by atoms with Crippen molar-refractivity contribution in [1.82, 2.24) is 10.2 Å². The molecule has 2 aliphatic rings. The van der Waals surface area contributed by atoms with Gasteiger partial charge in [-0.25, -0.2) is 0 Å². The number of aryl methyl sites for hydroxylation is 1. The van der Waals surface area contributed by atoms with Crippen LogP contribution in [0, 0.1) is 12.8 Å². The molecule has 0 radical (unpaired) electrons. The fraction of sp³-hybridized carbons (Fsp3) is 0.632. The summed E-state index contributed by atoms with van der Waals surface area (Å²) >= 11 is 0. The smallest absolute Gasteiger partial charge is 0.223 e. The average Bonchev–Trinajstić information content (AvgIpc) is 2.57. The van der Waals surface area contributed by atoms with E-state index in [4.69, 9.17) is 4.74 Å². The van der Waals surface area contributed by atoms with Crippen LogP contribution in [0.4, 0.5) is 0 Å². The van der Waals surface area contributed by atoms with E-state index in [0.717, 1.165) is 25.9 Å². The van der Waals surface area contributed by atoms with E-state index in [1.807, 2.05) is 17.0 Å². The zero-order valence-corrected chi connectivity index (χ0v) is 14.3. The molecule has 2 aliphatic heterocycles. The zero-order chi connectivity index (χ0) is 16.2. The first kappa shape index (κ1) is 16.5. The molecule has 2 saturated heterocycles. The molecule has 0 unspecified atom stereocenters. The normalized spacial score (nSPS) is 26.3. The van der Waals surface area contributed by atoms with Gasteiger partial charge in [-0.3, -0.25) is 4.79 Å². The van der Waals surface area contributed by atoms with Crippen LogP contribution in [-0.4, -0.2) is 43.1 Å². The summed E-state index contributed by atoms with van der Waals surface area (Å²) in [6.45, 7) is 7.59. The minimum atomic E-state index is 0.00405. The number of hydrogen-bond acceptors (Lipinski definition) is 3. The van der Waals surface area contributed by atoms with Crippen molar-refractivity contribution in [3.05, 3.63) is 35.4 Å². The lowest BCUT2D eigenvalue weighted by Gasteiger charge is -2.39. The third-order valence-electron chi connectivity index (χ3n) is 5.21. The SMILES string of the molecule is Cc1ccccc1[C@@H]1CN(C(=O)CC2CCNCC2)[C@H](C)CO1. The number of carbonyl (C=O) groups excluding carboxylic acids is 1. The van der Waals surface area contributed by atoms with Crippen molar-refractivity contribution in [2.75, 3.05) is 26.2 Å². The number of hydrogen-bond donors (Lipinski definition) is 1. The molecule has 0 aliphatic carbocycles. The minimum absolute atomic E-state index is 0.00405. The van der Waals surface area contributed by atoms with Crippen LogP contribution in [-0.2, 0) is 9.53 Å². The number of amides is 1. The zero-order valence-electron chi connectivity index (χ0n) is 14.3. The Hall–Kier alpha value is -1.39. The Bertz CT molecular complexity index is 540. The number of morpholine rings is 1. The number of piperidine rings is 1. The highest BCUT2D eigenvalue weighted by molar-refractivity contribution is 5.77. The maximum absolute atomic E-state index is 12.8. The highest BCUT2D eigenvalue weighted by atomic mass is 16.5. The van der Waals surface area contributed by atoms with E-state index in [-0.39, 0.29) is 12.1 Å². The summed E-state index contributed by atoms with van der Waals surface area (Å²) in [5.41, 5.74) is 2.44. The van der Waals surface area contributed by atoms with E-state index in [1.54, 1.807) is 0 Å². The van der Waals surface area contributed by atoms with Gasteiger partial charge in [-0.1, -0.05) is 24.3 Å². The molecule has 4 nitrogen and oxygen atoms in total. The third-order valence-corrected chi connectivity index (χ3v) is 5.21. The number of benzene rings is 1. The Labute approximate surface area is 139 Å². The van der Waals surface area contributed by atoms with E-state index < -0.39 is 0 Å². The summed E-state index contributed by atoms with van der Waals surface area (Å²) in [6.07, 6.45) is 2.92. The van der Waals surface area contributed by atoms with Crippen molar-refractivity contribution in [3.8, 4) is 0 Å². The molecule has 2 fully saturated rings. The van der Waals surface area contributed by atoms with E-state index in [1.165, 1.54) is 11.1 Å². The predicted molar refractivity (Wildman–Crippen MR) is 91.3 cm³/mol. The number of rotatable bonds is 3. The standard InChI is InChI=1S/C19H28N2O2/c1-14-5-3-4-6-17(14)18-12-21(15(2)13-23-18)19(22)11-16-7-9-20-10-8-16/h3-6,15-16,18,20H,7-13H2,1-2H3/t15-,18+/m1/s1. The van der Waals surface area contributed by atoms with Gasteiger partial charge in [0.25, 0.3) is 0 Å². The van der Waals surface area contributed by atoms with E-state index in [0.29, 0.717) is 31.4 Å². The van der Waals surface area contributed by atoms with Crippen molar-refractivity contribution in [1.29, 1.82) is 0 Å². The van der Waals surface area contributed by atoms with E-state index >= 15 is 0 Å². The van der Waals surface area contributed by atoms with Crippen LogP contribution in [0.2, 0.25) is 0 Å². The average molecular weight is 316 g/mol. The topological polar surface area (TPSA) is 41.6 Å². The lowest BCUT2D eigenvalue weighted by Crippen LogP contribution is -2.49. The van der Waals surface area contributed by atoms with Crippen LogP contribution in [0.1, 0.15) is 43.4 Å². The first-order valence-corrected chi connectivity index (χ1v) is 8.82. The number of carbonyl (C=O) groups is 1. The lowest BCUT2D eigenvalue weighted by atomic mass is 9.93. The summed E-state index contributed by atoms with van der Waals surface area (Å²) in [7, 11) is 0. The monoisotopic (exact) mass is 316 g/mol. The van der Waals surface area contributed by atoms with Crippen molar-refractivity contribution >= 4 is 5.91 Å². The lowest BCUT2D eigenvalue weighted by molar-refractivity contribution is -0.145. The van der Waals surface area contributed by atoms with Crippen LogP contribution in [0.3, 0.4) is 0 Å². The minimum Gasteiger partial charge on any atom is -0.370 e. The summed E-state index contributed by atoms with van der Waals surface area (Å²) < 4.78 is 6.02. The van der Waals surface area contributed by atoms with Gasteiger partial charge in [-0.2, -0.15) is 0 Å². The van der Waals surface area contributed by atoms with Gasteiger partial charge in [0.1, 0.15) is 6.10 Å². The predicted octanol–water partition coefficient (Wildman–Crippen LogP) is 2.67. The first-order chi connectivity index (χ1) is 11.1. The van der Waals surface area contributed by atoms with Crippen LogP contribution < -0.4 is 5.32 Å². The van der Waals surface area contributed by atoms with Gasteiger partial charge in [0, 0.05) is 6.42 Å². The van der Waals surface area contributed by atoms with Gasteiger partial charge in [-0.15, -0.1) is 0 Å². The molecule has 2 heterocycles. The van der Waals surface area contributed by atoms with Gasteiger partial charge < -0.3 is 15.0 Å². The number of nitrogens with one attached hydrogen (secondary N) is 1. The Morgan fingerprint density at radius 1 is 1.30 bits per heavy atom. The Morgan fingerprint density at radius 2 is 2.04 bits per heavy atom. The van der Waals surface area contributed by atoms with Crippen LogP contribution in [0.15, 0.2) is 24.3 Å². The van der Waals surface area contributed by atoms with Crippen molar-refractivity contribution in [2.45, 2.75) is 45.3 Å². The molecular formula is C19H28N2O2. The summed E-state index contributed by atoms with van der Waals surface area (Å²) in [5, 5.41) is 3.37. The molecule has 0 aromatic heterocycles. The summed E-state index contributed by atoms with van der Waals surface area (Å²) in [4.78, 5) is 14.8. The largest absolute Gasteiger partial charge is 0.370 e. The van der Waals surface area contributed by atoms with Crippen LogP contribution >= 0.6 is 0 Å². The molecule has 0 saturated carbocycles. The fourth-order valence-corrected chi connectivity index (χ4v) is 3.69. The molecule has 0 spiro atoms. The Kier molecular flexibility index (Phi) is 5.34. The molecule has 126 valence electrons. The Balaban J connectivity index is 1.65. The van der Waals surface area contributed by atoms with E-state index in [2.05, 4.69) is 31.3 Å². The number of ether oxygens (including phenoxy) is 1. The molecule has 1 amide bonds. The second-order valence-electron chi connectivity index (χ2n) is 6.97. The van der Waals surface area contributed by atoms with Gasteiger partial charge in [0.05, 0.1) is 19.2 Å². The van der Waals surface area contributed by atoms with Gasteiger partial charge in [0.15, 0.2) is 0 Å².